The summed E-state index contributed by atoms with van der Waals surface area (Å²) in [6.45, 7) is 7.41. The van der Waals surface area contributed by atoms with Gasteiger partial charge in [-0.3, -0.25) is 0 Å². The Morgan fingerprint density at radius 1 is 1.05 bits per heavy atom. The molecule has 1 atom stereocenters. The molecule has 2 rings (SSSR count). The Morgan fingerprint density at radius 2 is 1.76 bits per heavy atom. The molecule has 112 valence electrons. The molecule has 0 saturated heterocycles. The Hall–Kier alpha value is -1.31. The van der Waals surface area contributed by atoms with Crippen LogP contribution in [-0.4, -0.2) is 6.54 Å². The van der Waals surface area contributed by atoms with Gasteiger partial charge in [0, 0.05) is 5.02 Å². The Balaban J connectivity index is 2.35. The van der Waals surface area contributed by atoms with Crippen LogP contribution >= 0.6 is 11.6 Å². The molecular weight excluding hydrogens is 278 g/mol. The molecule has 0 bridgehead atoms. The van der Waals surface area contributed by atoms with E-state index in [1.807, 2.05) is 6.07 Å². The van der Waals surface area contributed by atoms with Crippen molar-refractivity contribution in [3.63, 3.8) is 0 Å². The third-order valence-corrected chi connectivity index (χ3v) is 4.05. The van der Waals surface area contributed by atoms with E-state index in [0.717, 1.165) is 18.0 Å². The highest BCUT2D eigenvalue weighted by Crippen LogP contribution is 2.27. The quantitative estimate of drug-likeness (QED) is 0.763. The van der Waals surface area contributed by atoms with Gasteiger partial charge in [0.05, 0.1) is 6.04 Å². The van der Waals surface area contributed by atoms with Gasteiger partial charge in [-0.2, -0.15) is 0 Å². The van der Waals surface area contributed by atoms with Crippen molar-refractivity contribution >= 4 is 11.6 Å². The fourth-order valence-electron chi connectivity index (χ4n) is 2.70. The van der Waals surface area contributed by atoms with Gasteiger partial charge in [-0.15, -0.1) is 0 Å². The SMILES string of the molecule is CCCc1ccc(C(NCC)c2cc(Cl)ccc2C)cc1. The number of rotatable bonds is 6. The molecule has 0 aliphatic heterocycles. The van der Waals surface area contributed by atoms with E-state index in [0.29, 0.717) is 0 Å². The van der Waals surface area contributed by atoms with Crippen LogP contribution in [0.2, 0.25) is 5.02 Å². The van der Waals surface area contributed by atoms with Crippen LogP contribution in [-0.2, 0) is 6.42 Å². The summed E-state index contributed by atoms with van der Waals surface area (Å²) >= 11 is 6.19. The van der Waals surface area contributed by atoms with Gasteiger partial charge in [-0.25, -0.2) is 0 Å². The first-order valence-electron chi connectivity index (χ1n) is 7.74. The predicted octanol–water partition coefficient (Wildman–Crippen LogP) is 5.30. The summed E-state index contributed by atoms with van der Waals surface area (Å²) in [7, 11) is 0. The van der Waals surface area contributed by atoms with Crippen LogP contribution in [0.4, 0.5) is 0 Å². The van der Waals surface area contributed by atoms with Gasteiger partial charge in [-0.1, -0.05) is 62.2 Å². The molecule has 0 aromatic heterocycles. The van der Waals surface area contributed by atoms with E-state index in [1.54, 1.807) is 0 Å². The third kappa shape index (κ3) is 4.09. The second kappa shape index (κ2) is 7.63. The number of halogens is 1. The fraction of sp³-hybridized carbons (Fsp3) is 0.368. The lowest BCUT2D eigenvalue weighted by molar-refractivity contribution is 0.627. The number of hydrogen-bond donors (Lipinski definition) is 1. The number of nitrogens with one attached hydrogen (secondary N) is 1. The van der Waals surface area contributed by atoms with Gasteiger partial charge in [-0.05, 0) is 54.3 Å². The van der Waals surface area contributed by atoms with E-state index < -0.39 is 0 Å². The van der Waals surface area contributed by atoms with Crippen molar-refractivity contribution in [2.45, 2.75) is 39.7 Å². The largest absolute Gasteiger partial charge is 0.307 e. The summed E-state index contributed by atoms with van der Waals surface area (Å²) in [6, 6.07) is 15.3. The van der Waals surface area contributed by atoms with Gasteiger partial charge in [0.1, 0.15) is 0 Å². The first-order chi connectivity index (χ1) is 10.2. The Morgan fingerprint density at radius 3 is 2.38 bits per heavy atom. The zero-order valence-corrected chi connectivity index (χ0v) is 13.9. The number of aryl methyl sites for hydroxylation is 2. The van der Waals surface area contributed by atoms with E-state index in [1.165, 1.54) is 28.7 Å². The zero-order valence-electron chi connectivity index (χ0n) is 13.1. The molecule has 2 aromatic carbocycles. The number of hydrogen-bond acceptors (Lipinski definition) is 1. The molecule has 2 heteroatoms. The molecule has 0 radical (unpaired) electrons. The molecular formula is C19H24ClN. The summed E-state index contributed by atoms with van der Waals surface area (Å²) in [5.74, 6) is 0. The Bertz CT molecular complexity index is 575. The predicted molar refractivity (Wildman–Crippen MR) is 92.1 cm³/mol. The molecule has 1 N–H and O–H groups in total. The van der Waals surface area contributed by atoms with Crippen LogP contribution in [0.3, 0.4) is 0 Å². The van der Waals surface area contributed by atoms with Crippen molar-refractivity contribution in [3.8, 4) is 0 Å². The van der Waals surface area contributed by atoms with Crippen molar-refractivity contribution in [2.75, 3.05) is 6.54 Å². The molecule has 0 spiro atoms. The Labute approximate surface area is 133 Å². The standard InChI is InChI=1S/C19H24ClN/c1-4-6-15-8-10-16(11-9-15)19(21-5-2)18-13-17(20)12-7-14(18)3/h7-13,19,21H,4-6H2,1-3H3. The second-order valence-corrected chi connectivity index (χ2v) is 5.92. The number of benzene rings is 2. The highest BCUT2D eigenvalue weighted by atomic mass is 35.5. The highest BCUT2D eigenvalue weighted by Gasteiger charge is 2.15. The lowest BCUT2D eigenvalue weighted by atomic mass is 9.94. The molecule has 0 fully saturated rings. The molecule has 1 unspecified atom stereocenters. The topological polar surface area (TPSA) is 12.0 Å². The normalized spacial score (nSPS) is 12.4. The van der Waals surface area contributed by atoms with Crippen LogP contribution in [0.5, 0.6) is 0 Å². The monoisotopic (exact) mass is 301 g/mol. The lowest BCUT2D eigenvalue weighted by Gasteiger charge is -2.21. The summed E-state index contributed by atoms with van der Waals surface area (Å²) < 4.78 is 0. The van der Waals surface area contributed by atoms with Gasteiger partial charge < -0.3 is 5.32 Å². The zero-order chi connectivity index (χ0) is 15.2. The van der Waals surface area contributed by atoms with Gasteiger partial charge in [0.25, 0.3) is 0 Å². The molecule has 1 nitrogen and oxygen atoms in total. The molecule has 0 heterocycles. The van der Waals surface area contributed by atoms with Crippen molar-refractivity contribution in [1.82, 2.24) is 5.32 Å². The van der Waals surface area contributed by atoms with Gasteiger partial charge >= 0.3 is 0 Å². The third-order valence-electron chi connectivity index (χ3n) is 3.81. The van der Waals surface area contributed by atoms with Crippen molar-refractivity contribution < 1.29 is 0 Å². The maximum atomic E-state index is 6.19. The van der Waals surface area contributed by atoms with Crippen molar-refractivity contribution in [1.29, 1.82) is 0 Å². The van der Waals surface area contributed by atoms with Crippen LogP contribution in [0.25, 0.3) is 0 Å². The minimum Gasteiger partial charge on any atom is -0.307 e. The maximum Gasteiger partial charge on any atom is 0.0579 e. The average molecular weight is 302 g/mol. The van der Waals surface area contributed by atoms with Crippen molar-refractivity contribution in [2.24, 2.45) is 0 Å². The van der Waals surface area contributed by atoms with Crippen LogP contribution in [0.1, 0.15) is 48.6 Å². The van der Waals surface area contributed by atoms with Crippen LogP contribution in [0, 0.1) is 6.92 Å². The van der Waals surface area contributed by atoms with E-state index in [2.05, 4.69) is 62.5 Å². The maximum absolute atomic E-state index is 6.19. The average Bonchev–Trinajstić information content (AvgIpc) is 2.49. The second-order valence-electron chi connectivity index (χ2n) is 5.48. The van der Waals surface area contributed by atoms with E-state index in [9.17, 15) is 0 Å². The van der Waals surface area contributed by atoms with Gasteiger partial charge in [0.15, 0.2) is 0 Å². The van der Waals surface area contributed by atoms with E-state index >= 15 is 0 Å². The molecule has 0 aliphatic carbocycles. The molecule has 0 amide bonds. The smallest absolute Gasteiger partial charge is 0.0579 e. The Kier molecular flexibility index (Phi) is 5.84. The first-order valence-corrected chi connectivity index (χ1v) is 8.11. The summed E-state index contributed by atoms with van der Waals surface area (Å²) in [6.07, 6.45) is 2.33. The van der Waals surface area contributed by atoms with Crippen LogP contribution in [0.15, 0.2) is 42.5 Å². The molecule has 21 heavy (non-hydrogen) atoms. The summed E-state index contributed by atoms with van der Waals surface area (Å²) in [4.78, 5) is 0. The molecule has 2 aromatic rings. The highest BCUT2D eigenvalue weighted by molar-refractivity contribution is 6.30. The van der Waals surface area contributed by atoms with E-state index in [4.69, 9.17) is 11.6 Å². The first kappa shape index (κ1) is 16.1. The minimum absolute atomic E-state index is 0.198. The molecule has 0 aliphatic rings. The van der Waals surface area contributed by atoms with Gasteiger partial charge in [0.2, 0.25) is 0 Å². The molecule has 0 saturated carbocycles. The van der Waals surface area contributed by atoms with E-state index in [-0.39, 0.29) is 6.04 Å². The fourth-order valence-corrected chi connectivity index (χ4v) is 2.88. The van der Waals surface area contributed by atoms with Crippen molar-refractivity contribution in [3.05, 3.63) is 69.7 Å². The lowest BCUT2D eigenvalue weighted by Crippen LogP contribution is -2.22. The minimum atomic E-state index is 0.198. The van der Waals surface area contributed by atoms with Crippen LogP contribution < -0.4 is 5.32 Å². The summed E-state index contributed by atoms with van der Waals surface area (Å²) in [5.41, 5.74) is 5.22. The summed E-state index contributed by atoms with van der Waals surface area (Å²) in [5, 5.41) is 4.37.